The molecular formula is C33H20N8. The molecule has 8 nitrogen and oxygen atoms in total. The predicted octanol–water partition coefficient (Wildman–Crippen LogP) is 3.75. The number of aromatic nitrogens is 1. The molecule has 4 aromatic carbocycles. The van der Waals surface area contributed by atoms with Gasteiger partial charge in [-0.15, -0.1) is 0 Å². The predicted molar refractivity (Wildman–Crippen MR) is 157 cm³/mol. The second-order valence-electron chi connectivity index (χ2n) is 10.3. The third-order valence-electron chi connectivity index (χ3n) is 7.99. The fourth-order valence-electron chi connectivity index (χ4n) is 6.04. The van der Waals surface area contributed by atoms with E-state index in [9.17, 15) is 0 Å². The zero-order valence-electron chi connectivity index (χ0n) is 21.9. The first-order valence-electron chi connectivity index (χ1n) is 13.4. The van der Waals surface area contributed by atoms with Crippen molar-refractivity contribution in [3.05, 3.63) is 141 Å². The Hall–Kier alpha value is -5.52. The van der Waals surface area contributed by atoms with Crippen LogP contribution in [-0.4, -0.2) is 27.9 Å². The Morgan fingerprint density at radius 3 is 1.63 bits per heavy atom. The van der Waals surface area contributed by atoms with Crippen LogP contribution in [0.5, 0.6) is 0 Å². The summed E-state index contributed by atoms with van der Waals surface area (Å²) >= 11 is 0. The van der Waals surface area contributed by atoms with Gasteiger partial charge in [-0.2, -0.15) is 0 Å². The Labute approximate surface area is 234 Å². The first-order valence-corrected chi connectivity index (χ1v) is 13.4. The fraction of sp³-hybridized carbons (Fsp3) is 0.0909. The molecule has 5 aromatic rings. The Morgan fingerprint density at radius 2 is 1.02 bits per heavy atom. The van der Waals surface area contributed by atoms with Crippen molar-refractivity contribution in [3.8, 4) is 0 Å². The van der Waals surface area contributed by atoms with Crippen LogP contribution >= 0.6 is 0 Å². The number of nitrogens with zero attached hydrogens (tertiary/aromatic N) is 7. The van der Waals surface area contributed by atoms with Crippen molar-refractivity contribution >= 4 is 34.1 Å². The van der Waals surface area contributed by atoms with E-state index in [1.54, 1.807) is 0 Å². The van der Waals surface area contributed by atoms with Crippen LogP contribution in [0.2, 0.25) is 0 Å². The molecule has 8 heteroatoms. The molecule has 0 fully saturated rings. The number of rotatable bonds is 0. The van der Waals surface area contributed by atoms with Crippen LogP contribution in [-0.2, 0) is 7.05 Å². The van der Waals surface area contributed by atoms with E-state index in [1.807, 2.05) is 66.2 Å². The van der Waals surface area contributed by atoms with Crippen molar-refractivity contribution in [2.75, 3.05) is 0 Å². The number of benzene rings is 3. The third kappa shape index (κ3) is 3.21. The molecule has 41 heavy (non-hydrogen) atoms. The lowest BCUT2D eigenvalue weighted by molar-refractivity contribution is 0.523. The molecule has 0 saturated heterocycles. The number of hydrogen-bond acceptors (Lipinski definition) is 7. The lowest BCUT2D eigenvalue weighted by Gasteiger charge is -2.10. The SMILES string of the molecule is Cn1/c2c3ccccc3/c1=N\C1=NC(=N\C3NC(/N=C4N=C(/N=2)c2ccccc2\4)c2ccccc23)/c2cc#ccc21. The summed E-state index contributed by atoms with van der Waals surface area (Å²) in [6, 6.07) is 34.4. The minimum Gasteiger partial charge on any atom is -0.313 e. The molecule has 1 N–H and O–H groups in total. The van der Waals surface area contributed by atoms with Crippen LogP contribution in [0.25, 0.3) is 10.8 Å². The van der Waals surface area contributed by atoms with E-state index < -0.39 is 0 Å². The normalized spacial score (nSPS) is 23.7. The molecule has 0 saturated carbocycles. The van der Waals surface area contributed by atoms with Gasteiger partial charge in [0.25, 0.3) is 0 Å². The van der Waals surface area contributed by atoms with Crippen LogP contribution < -0.4 is 16.3 Å². The molecule has 5 heterocycles. The fourth-order valence-corrected chi connectivity index (χ4v) is 6.04. The minimum absolute atomic E-state index is 0.327. The Morgan fingerprint density at radius 1 is 0.561 bits per heavy atom. The van der Waals surface area contributed by atoms with Gasteiger partial charge in [0.15, 0.2) is 23.3 Å². The number of amidine groups is 4. The van der Waals surface area contributed by atoms with Gasteiger partial charge in [0.05, 0.1) is 0 Å². The number of hydrogen-bond donors (Lipinski definition) is 1. The molecule has 2 atom stereocenters. The van der Waals surface area contributed by atoms with Gasteiger partial charge in [0.2, 0.25) is 0 Å². The number of fused-ring (bicyclic) bond motifs is 18. The minimum atomic E-state index is -0.337. The molecule has 0 radical (unpaired) electrons. The quantitative estimate of drug-likeness (QED) is 0.326. The van der Waals surface area contributed by atoms with E-state index >= 15 is 0 Å². The van der Waals surface area contributed by atoms with E-state index in [0.29, 0.717) is 23.3 Å². The first kappa shape index (κ1) is 22.3. The molecule has 8 bridgehead atoms. The highest BCUT2D eigenvalue weighted by Gasteiger charge is 2.33. The molecule has 9 rings (SSSR count). The maximum absolute atomic E-state index is 5.14. The highest BCUT2D eigenvalue weighted by Crippen LogP contribution is 2.37. The summed E-state index contributed by atoms with van der Waals surface area (Å²) in [5.41, 5.74) is 7.31. The summed E-state index contributed by atoms with van der Waals surface area (Å²) < 4.78 is 2.01. The average molecular weight is 529 g/mol. The smallest absolute Gasteiger partial charge is 0.165 e. The van der Waals surface area contributed by atoms with Crippen molar-refractivity contribution in [1.82, 2.24) is 9.88 Å². The molecule has 0 aliphatic carbocycles. The van der Waals surface area contributed by atoms with Crippen LogP contribution in [0.4, 0.5) is 0 Å². The molecule has 4 aliphatic heterocycles. The van der Waals surface area contributed by atoms with E-state index in [0.717, 1.165) is 55.1 Å². The molecule has 0 spiro atoms. The summed E-state index contributed by atoms with van der Waals surface area (Å²) in [6.07, 6.45) is -0.664. The topological polar surface area (TPSA) is 91.1 Å². The van der Waals surface area contributed by atoms with Gasteiger partial charge in [-0.3, -0.25) is 5.32 Å². The molecule has 1 aromatic heterocycles. The van der Waals surface area contributed by atoms with Crippen molar-refractivity contribution in [2.45, 2.75) is 12.3 Å². The van der Waals surface area contributed by atoms with Crippen molar-refractivity contribution < 1.29 is 0 Å². The maximum Gasteiger partial charge on any atom is 0.165 e. The summed E-state index contributed by atoms with van der Waals surface area (Å²) in [7, 11) is 1.98. The summed E-state index contributed by atoms with van der Waals surface area (Å²) in [4.78, 5) is 30.4. The van der Waals surface area contributed by atoms with Gasteiger partial charge < -0.3 is 4.57 Å². The lowest BCUT2D eigenvalue weighted by Crippen LogP contribution is -2.26. The Bertz CT molecular complexity index is 2060. The van der Waals surface area contributed by atoms with Gasteiger partial charge in [0, 0.05) is 52.2 Å². The standard InChI is InChI=1S/C33H20N8/c1-41-32-24-16-8-9-17-25(24)33(41)40-31-23-15-7-5-13-21(23)29(38-31)36-27-19-11-3-2-10-18(19)26(34-27)35-28-20-12-4-6-14-22(20)30(37-28)39-32/h2-4,6,8-17,26-27,34H,1H3/b35-28-,36-29-,39-32-,40-33+. The van der Waals surface area contributed by atoms with Gasteiger partial charge in [0.1, 0.15) is 23.3 Å². The number of aliphatic imine (C=N–C) groups is 4. The van der Waals surface area contributed by atoms with E-state index in [-0.39, 0.29) is 12.3 Å². The number of nitrogens with one attached hydrogen (secondary N) is 1. The summed E-state index contributed by atoms with van der Waals surface area (Å²) in [5, 5.41) is 5.57. The van der Waals surface area contributed by atoms with Gasteiger partial charge in [-0.1, -0.05) is 84.9 Å². The lowest BCUT2D eigenvalue weighted by atomic mass is 10.1. The summed E-state index contributed by atoms with van der Waals surface area (Å²) in [5.74, 6) is 2.46. The maximum atomic E-state index is 5.14. The van der Waals surface area contributed by atoms with E-state index in [2.05, 4.69) is 47.8 Å². The zero-order chi connectivity index (χ0) is 27.1. The highest BCUT2D eigenvalue weighted by molar-refractivity contribution is 6.23. The van der Waals surface area contributed by atoms with Crippen molar-refractivity contribution in [1.29, 1.82) is 0 Å². The molecule has 192 valence electrons. The monoisotopic (exact) mass is 528 g/mol. The van der Waals surface area contributed by atoms with Crippen molar-refractivity contribution in [3.63, 3.8) is 0 Å². The largest absolute Gasteiger partial charge is 0.313 e. The Kier molecular flexibility index (Phi) is 4.49. The van der Waals surface area contributed by atoms with Gasteiger partial charge >= 0.3 is 0 Å². The second-order valence-corrected chi connectivity index (χ2v) is 10.3. The zero-order valence-corrected chi connectivity index (χ0v) is 21.9. The third-order valence-corrected chi connectivity index (χ3v) is 7.99. The summed E-state index contributed by atoms with van der Waals surface area (Å²) in [6.45, 7) is 0. The second kappa shape index (κ2) is 8.24. The molecule has 2 unspecified atom stereocenters. The van der Waals surface area contributed by atoms with E-state index in [4.69, 9.17) is 30.0 Å². The highest BCUT2D eigenvalue weighted by atomic mass is 15.2. The molecular weight excluding hydrogens is 508 g/mol. The molecule has 4 aliphatic rings. The van der Waals surface area contributed by atoms with Crippen LogP contribution in [0, 0.1) is 12.1 Å². The first-order chi connectivity index (χ1) is 20.2. The average Bonchev–Trinajstić information content (AvgIpc) is 3.72. The van der Waals surface area contributed by atoms with Crippen LogP contribution in [0.3, 0.4) is 0 Å². The molecule has 0 amide bonds. The van der Waals surface area contributed by atoms with Crippen LogP contribution in [0.1, 0.15) is 45.7 Å². The van der Waals surface area contributed by atoms with Crippen LogP contribution in [0.15, 0.2) is 115 Å². The van der Waals surface area contributed by atoms with Crippen molar-refractivity contribution in [2.24, 2.45) is 37.0 Å². The van der Waals surface area contributed by atoms with Gasteiger partial charge in [-0.25, -0.2) is 30.0 Å². The Balaban J connectivity index is 1.40. The van der Waals surface area contributed by atoms with Gasteiger partial charge in [-0.05, 0) is 11.1 Å². The van der Waals surface area contributed by atoms with E-state index in [1.165, 1.54) is 0 Å².